The highest BCUT2D eigenvalue weighted by Crippen LogP contribution is 2.21. The number of rotatable bonds is 4. The maximum atomic E-state index is 12.4. The minimum atomic E-state index is -0.255. The average Bonchev–Trinajstić information content (AvgIpc) is 2.84. The summed E-state index contributed by atoms with van der Waals surface area (Å²) in [6, 6.07) is 0.228. The monoisotopic (exact) mass is 305 g/mol. The number of aromatic nitrogens is 4. The summed E-state index contributed by atoms with van der Waals surface area (Å²) in [4.78, 5) is 23.9. The molecular weight excluding hydrogens is 282 g/mol. The summed E-state index contributed by atoms with van der Waals surface area (Å²) >= 11 is 0. The Bertz CT molecular complexity index is 711. The molecule has 2 N–H and O–H groups in total. The molecule has 7 nitrogen and oxygen atoms in total. The van der Waals surface area contributed by atoms with Gasteiger partial charge in [-0.1, -0.05) is 25.9 Å². The van der Waals surface area contributed by atoms with Crippen molar-refractivity contribution in [1.82, 2.24) is 25.4 Å². The lowest BCUT2D eigenvalue weighted by atomic mass is 9.95. The molecule has 0 aromatic carbocycles. The molecule has 0 amide bonds. The summed E-state index contributed by atoms with van der Waals surface area (Å²) in [5.41, 5.74) is 0.439. The van der Waals surface area contributed by atoms with Gasteiger partial charge in [0.15, 0.2) is 5.82 Å². The van der Waals surface area contributed by atoms with Crippen LogP contribution in [0.5, 0.6) is 0 Å². The lowest BCUT2D eigenvalue weighted by Crippen LogP contribution is -2.24. The summed E-state index contributed by atoms with van der Waals surface area (Å²) < 4.78 is 5.23. The van der Waals surface area contributed by atoms with Crippen LogP contribution in [0.25, 0.3) is 11.5 Å². The van der Waals surface area contributed by atoms with Gasteiger partial charge >= 0.3 is 0 Å². The van der Waals surface area contributed by atoms with Crippen LogP contribution in [0.4, 0.5) is 0 Å². The molecule has 0 bridgehead atoms. The first-order chi connectivity index (χ1) is 10.2. The van der Waals surface area contributed by atoms with Crippen molar-refractivity contribution in [2.24, 2.45) is 0 Å². The number of likely N-dealkylation sites (N-methyl/N-ethyl adjacent to an activating group) is 1. The van der Waals surface area contributed by atoms with Gasteiger partial charge in [-0.25, -0.2) is 4.98 Å². The molecule has 0 saturated carbocycles. The minimum Gasteiger partial charge on any atom is -0.334 e. The van der Waals surface area contributed by atoms with Crippen LogP contribution in [0.15, 0.2) is 9.32 Å². The first-order valence-corrected chi connectivity index (χ1v) is 7.34. The van der Waals surface area contributed by atoms with Crippen LogP contribution in [0.3, 0.4) is 0 Å². The van der Waals surface area contributed by atoms with Gasteiger partial charge in [0, 0.05) is 17.9 Å². The Balaban J connectivity index is 2.40. The molecule has 7 heteroatoms. The molecule has 120 valence electrons. The third kappa shape index (κ3) is 3.41. The van der Waals surface area contributed by atoms with E-state index in [9.17, 15) is 4.79 Å². The molecule has 1 unspecified atom stereocenters. The quantitative estimate of drug-likeness (QED) is 0.890. The summed E-state index contributed by atoms with van der Waals surface area (Å²) in [5, 5.41) is 7.03. The summed E-state index contributed by atoms with van der Waals surface area (Å²) in [6.45, 7) is 9.78. The van der Waals surface area contributed by atoms with Crippen molar-refractivity contribution < 1.29 is 4.52 Å². The van der Waals surface area contributed by atoms with Crippen molar-refractivity contribution >= 4 is 0 Å². The highest BCUT2D eigenvalue weighted by atomic mass is 16.5. The lowest BCUT2D eigenvalue weighted by Gasteiger charge is -2.17. The summed E-state index contributed by atoms with van der Waals surface area (Å²) in [6.07, 6.45) is 0.629. The van der Waals surface area contributed by atoms with Gasteiger partial charge in [-0.05, 0) is 20.9 Å². The van der Waals surface area contributed by atoms with Crippen LogP contribution in [0.1, 0.15) is 45.0 Å². The number of hydrogen-bond donors (Lipinski definition) is 2. The Morgan fingerprint density at radius 2 is 2.00 bits per heavy atom. The van der Waals surface area contributed by atoms with E-state index >= 15 is 0 Å². The molecule has 0 spiro atoms. The Morgan fingerprint density at radius 1 is 1.32 bits per heavy atom. The normalized spacial score (nSPS) is 13.4. The van der Waals surface area contributed by atoms with E-state index in [1.54, 1.807) is 6.92 Å². The third-order valence-electron chi connectivity index (χ3n) is 3.47. The van der Waals surface area contributed by atoms with Crippen LogP contribution in [-0.2, 0) is 11.8 Å². The first-order valence-electron chi connectivity index (χ1n) is 7.34. The minimum absolute atomic E-state index is 0.213. The Kier molecular flexibility index (Phi) is 4.46. The largest absolute Gasteiger partial charge is 0.334 e. The predicted molar refractivity (Wildman–Crippen MR) is 83.8 cm³/mol. The molecule has 0 aliphatic heterocycles. The van der Waals surface area contributed by atoms with Crippen molar-refractivity contribution in [3.63, 3.8) is 0 Å². The summed E-state index contributed by atoms with van der Waals surface area (Å²) in [7, 11) is 1.87. The molecule has 0 aliphatic carbocycles. The van der Waals surface area contributed by atoms with Gasteiger partial charge in [-0.2, -0.15) is 4.98 Å². The Labute approximate surface area is 129 Å². The fourth-order valence-corrected chi connectivity index (χ4v) is 2.01. The fraction of sp³-hybridized carbons (Fsp3) is 0.600. The number of nitrogens with zero attached hydrogens (tertiary/aromatic N) is 3. The van der Waals surface area contributed by atoms with Gasteiger partial charge in [0.25, 0.3) is 11.4 Å². The molecule has 2 aromatic rings. The number of hydrogen-bond acceptors (Lipinski definition) is 6. The van der Waals surface area contributed by atoms with Crippen molar-refractivity contribution in [2.45, 2.75) is 52.5 Å². The van der Waals surface area contributed by atoms with Crippen LogP contribution in [0.2, 0.25) is 0 Å². The maximum absolute atomic E-state index is 12.4. The van der Waals surface area contributed by atoms with Crippen molar-refractivity contribution in [2.75, 3.05) is 7.05 Å². The van der Waals surface area contributed by atoms with E-state index in [-0.39, 0.29) is 22.9 Å². The molecule has 0 fully saturated rings. The molecule has 0 radical (unpaired) electrons. The van der Waals surface area contributed by atoms with Gasteiger partial charge < -0.3 is 14.8 Å². The molecular formula is C15H23N5O2. The molecule has 2 aromatic heterocycles. The molecule has 2 heterocycles. The van der Waals surface area contributed by atoms with E-state index in [2.05, 4.69) is 25.4 Å². The number of H-pyrrole nitrogens is 1. The number of aryl methyl sites for hydroxylation is 1. The van der Waals surface area contributed by atoms with Crippen molar-refractivity contribution in [3.8, 4) is 11.5 Å². The zero-order chi connectivity index (χ0) is 16.5. The third-order valence-corrected chi connectivity index (χ3v) is 3.47. The van der Waals surface area contributed by atoms with Crippen molar-refractivity contribution in [1.29, 1.82) is 0 Å². The molecule has 0 saturated heterocycles. The van der Waals surface area contributed by atoms with Crippen LogP contribution >= 0.6 is 0 Å². The second kappa shape index (κ2) is 6.00. The SMILES string of the molecule is CNC(C)Cc1noc(-c2c(C)nc(C(C)(C)C)[nH]c2=O)n1. The van der Waals surface area contributed by atoms with Crippen LogP contribution in [-0.4, -0.2) is 33.2 Å². The number of aromatic amines is 1. The molecule has 22 heavy (non-hydrogen) atoms. The van der Waals surface area contributed by atoms with E-state index in [0.717, 1.165) is 0 Å². The second-order valence-electron chi connectivity index (χ2n) is 6.53. The smallest absolute Gasteiger partial charge is 0.265 e. The fourth-order valence-electron chi connectivity index (χ4n) is 2.01. The predicted octanol–water partition coefficient (Wildman–Crippen LogP) is 1.58. The molecule has 0 aliphatic rings. The van der Waals surface area contributed by atoms with E-state index in [1.807, 2.05) is 34.7 Å². The zero-order valence-corrected chi connectivity index (χ0v) is 13.9. The highest BCUT2D eigenvalue weighted by Gasteiger charge is 2.22. The van der Waals surface area contributed by atoms with Gasteiger partial charge in [0.05, 0.1) is 5.69 Å². The molecule has 1 atom stereocenters. The molecule has 2 rings (SSSR count). The highest BCUT2D eigenvalue weighted by molar-refractivity contribution is 5.54. The topological polar surface area (TPSA) is 96.7 Å². The van der Waals surface area contributed by atoms with Gasteiger partial charge in [0.2, 0.25) is 0 Å². The van der Waals surface area contributed by atoms with Gasteiger partial charge in [0.1, 0.15) is 11.4 Å². The van der Waals surface area contributed by atoms with E-state index in [1.165, 1.54) is 0 Å². The first kappa shape index (κ1) is 16.4. The Hall–Kier alpha value is -2.02. The van der Waals surface area contributed by atoms with Crippen LogP contribution < -0.4 is 10.9 Å². The second-order valence-corrected chi connectivity index (χ2v) is 6.53. The van der Waals surface area contributed by atoms with Gasteiger partial charge in [-0.3, -0.25) is 4.79 Å². The Morgan fingerprint density at radius 3 is 2.55 bits per heavy atom. The lowest BCUT2D eigenvalue weighted by molar-refractivity contribution is 0.417. The van der Waals surface area contributed by atoms with Crippen LogP contribution in [0, 0.1) is 6.92 Å². The van der Waals surface area contributed by atoms with Gasteiger partial charge in [-0.15, -0.1) is 0 Å². The van der Waals surface area contributed by atoms with E-state index < -0.39 is 0 Å². The van der Waals surface area contributed by atoms with Crippen molar-refractivity contribution in [3.05, 3.63) is 27.7 Å². The summed E-state index contributed by atoms with van der Waals surface area (Å²) in [5.74, 6) is 1.42. The van der Waals surface area contributed by atoms with E-state index in [0.29, 0.717) is 29.3 Å². The average molecular weight is 305 g/mol. The maximum Gasteiger partial charge on any atom is 0.265 e. The van der Waals surface area contributed by atoms with E-state index in [4.69, 9.17) is 4.52 Å². The number of nitrogens with one attached hydrogen (secondary N) is 2. The standard InChI is InChI=1S/C15H23N5O2/c1-8(16-6)7-10-18-13(22-20-10)11-9(2)17-14(15(3,4)5)19-12(11)21/h8,16H,7H2,1-6H3,(H,17,19,21). The zero-order valence-electron chi connectivity index (χ0n) is 13.9.